The molecule has 1 aromatic carbocycles. The fraction of sp³-hybridized carbons (Fsp3) is 0.476. The minimum Gasteiger partial charge on any atom is -0.486 e. The third-order valence-corrected chi connectivity index (χ3v) is 5.64. The van der Waals surface area contributed by atoms with E-state index in [2.05, 4.69) is 4.57 Å². The van der Waals surface area contributed by atoms with E-state index in [0.29, 0.717) is 24.7 Å². The molecule has 2 heterocycles. The molecule has 2 N–H and O–H groups in total. The van der Waals surface area contributed by atoms with Crippen LogP contribution in [0.2, 0.25) is 0 Å². The van der Waals surface area contributed by atoms with Gasteiger partial charge in [-0.3, -0.25) is 4.79 Å². The molecule has 0 radical (unpaired) electrons. The van der Waals surface area contributed by atoms with Crippen LogP contribution in [0.15, 0.2) is 24.3 Å². The van der Waals surface area contributed by atoms with Crippen LogP contribution in [0.25, 0.3) is 11.3 Å². The first kappa shape index (κ1) is 17.0. The van der Waals surface area contributed by atoms with Crippen LogP contribution in [0.3, 0.4) is 0 Å². The maximum absolute atomic E-state index is 11.9. The van der Waals surface area contributed by atoms with E-state index in [9.17, 15) is 4.79 Å². The van der Waals surface area contributed by atoms with Crippen LogP contribution in [0.5, 0.6) is 11.5 Å². The van der Waals surface area contributed by atoms with Crippen molar-refractivity contribution in [1.82, 2.24) is 4.57 Å². The number of fused-ring (bicyclic) bond motifs is 1. The summed E-state index contributed by atoms with van der Waals surface area (Å²) in [5.74, 6) is 1.82. The van der Waals surface area contributed by atoms with E-state index >= 15 is 0 Å². The molecule has 1 amide bonds. The summed E-state index contributed by atoms with van der Waals surface area (Å²) in [4.78, 5) is 11.9. The second-order valence-electron chi connectivity index (χ2n) is 7.37. The van der Waals surface area contributed by atoms with Crippen molar-refractivity contribution >= 4 is 5.91 Å². The zero-order valence-electron chi connectivity index (χ0n) is 15.3. The highest BCUT2D eigenvalue weighted by atomic mass is 16.6. The lowest BCUT2D eigenvalue weighted by Gasteiger charge is -2.24. The van der Waals surface area contributed by atoms with Crippen LogP contribution in [-0.4, -0.2) is 23.7 Å². The number of primary amides is 1. The first-order chi connectivity index (χ1) is 12.6. The second kappa shape index (κ2) is 7.06. The number of nitrogens with two attached hydrogens (primary N) is 1. The summed E-state index contributed by atoms with van der Waals surface area (Å²) in [6.45, 7) is 4.06. The fourth-order valence-corrected chi connectivity index (χ4v) is 4.20. The SMILES string of the molecule is Cc1c(C(N)=O)cc(-c2ccc3c(c2)OCCO3)n1CC1CCCCC1. The zero-order valence-corrected chi connectivity index (χ0v) is 15.3. The molecule has 2 aromatic rings. The smallest absolute Gasteiger partial charge is 0.250 e. The Balaban J connectivity index is 1.74. The fourth-order valence-electron chi connectivity index (χ4n) is 4.20. The molecule has 0 atom stereocenters. The molecule has 5 nitrogen and oxygen atoms in total. The van der Waals surface area contributed by atoms with Gasteiger partial charge in [0.15, 0.2) is 11.5 Å². The van der Waals surface area contributed by atoms with Gasteiger partial charge >= 0.3 is 0 Å². The number of ether oxygens (including phenoxy) is 2. The van der Waals surface area contributed by atoms with Crippen LogP contribution < -0.4 is 15.2 Å². The molecule has 138 valence electrons. The van der Waals surface area contributed by atoms with Crippen LogP contribution >= 0.6 is 0 Å². The van der Waals surface area contributed by atoms with Gasteiger partial charge in [-0.05, 0) is 49.9 Å². The minimum absolute atomic E-state index is 0.372. The molecular formula is C21H26N2O3. The van der Waals surface area contributed by atoms with Gasteiger partial charge < -0.3 is 19.8 Å². The summed E-state index contributed by atoms with van der Waals surface area (Å²) in [5.41, 5.74) is 9.23. The number of amides is 1. The summed E-state index contributed by atoms with van der Waals surface area (Å²) >= 11 is 0. The zero-order chi connectivity index (χ0) is 18.1. The third-order valence-electron chi connectivity index (χ3n) is 5.64. The lowest BCUT2D eigenvalue weighted by Crippen LogP contribution is -2.17. The van der Waals surface area contributed by atoms with E-state index in [4.69, 9.17) is 15.2 Å². The van der Waals surface area contributed by atoms with Crippen LogP contribution in [0, 0.1) is 12.8 Å². The molecule has 0 unspecified atom stereocenters. The van der Waals surface area contributed by atoms with Gasteiger partial charge in [0.1, 0.15) is 13.2 Å². The number of rotatable bonds is 4. The van der Waals surface area contributed by atoms with Gasteiger partial charge in [-0.1, -0.05) is 19.3 Å². The van der Waals surface area contributed by atoms with Gasteiger partial charge in [-0.15, -0.1) is 0 Å². The Morgan fingerprint density at radius 3 is 2.58 bits per heavy atom. The molecule has 0 saturated heterocycles. The van der Waals surface area contributed by atoms with E-state index in [0.717, 1.165) is 35.0 Å². The Bertz CT molecular complexity index is 819. The van der Waals surface area contributed by atoms with E-state index in [1.54, 1.807) is 0 Å². The molecule has 2 aliphatic rings. The summed E-state index contributed by atoms with van der Waals surface area (Å²) in [5, 5.41) is 0. The molecule has 1 fully saturated rings. The highest BCUT2D eigenvalue weighted by Crippen LogP contribution is 2.37. The first-order valence-electron chi connectivity index (χ1n) is 9.53. The number of aromatic nitrogens is 1. The van der Waals surface area contributed by atoms with Crippen molar-refractivity contribution in [3.05, 3.63) is 35.5 Å². The molecular weight excluding hydrogens is 328 g/mol. The number of nitrogens with zero attached hydrogens (tertiary/aromatic N) is 1. The van der Waals surface area contributed by atoms with Crippen molar-refractivity contribution < 1.29 is 14.3 Å². The second-order valence-corrected chi connectivity index (χ2v) is 7.37. The van der Waals surface area contributed by atoms with Crippen molar-refractivity contribution in [3.63, 3.8) is 0 Å². The Morgan fingerprint density at radius 1 is 1.12 bits per heavy atom. The average molecular weight is 354 g/mol. The highest BCUT2D eigenvalue weighted by molar-refractivity contribution is 5.95. The largest absolute Gasteiger partial charge is 0.486 e. The maximum Gasteiger partial charge on any atom is 0.250 e. The van der Waals surface area contributed by atoms with E-state index in [-0.39, 0.29) is 5.91 Å². The Kier molecular flexibility index (Phi) is 4.62. The molecule has 1 saturated carbocycles. The molecule has 1 aliphatic carbocycles. The van der Waals surface area contributed by atoms with Crippen molar-refractivity contribution in [2.45, 2.75) is 45.6 Å². The summed E-state index contributed by atoms with van der Waals surface area (Å²) < 4.78 is 13.6. The van der Waals surface area contributed by atoms with Crippen molar-refractivity contribution in [2.75, 3.05) is 13.2 Å². The van der Waals surface area contributed by atoms with Crippen LogP contribution in [-0.2, 0) is 6.54 Å². The van der Waals surface area contributed by atoms with Crippen molar-refractivity contribution in [3.8, 4) is 22.8 Å². The van der Waals surface area contributed by atoms with Crippen LogP contribution in [0.4, 0.5) is 0 Å². The third kappa shape index (κ3) is 3.18. The minimum atomic E-state index is -0.372. The molecule has 0 spiro atoms. The van der Waals surface area contributed by atoms with Gasteiger partial charge in [0.25, 0.3) is 5.91 Å². The molecule has 5 heteroatoms. The molecule has 4 rings (SSSR count). The molecule has 0 bridgehead atoms. The topological polar surface area (TPSA) is 66.5 Å². The lowest BCUT2D eigenvalue weighted by atomic mass is 9.89. The average Bonchev–Trinajstić information content (AvgIpc) is 2.99. The summed E-state index contributed by atoms with van der Waals surface area (Å²) in [6, 6.07) is 7.91. The monoisotopic (exact) mass is 354 g/mol. The van der Waals surface area contributed by atoms with E-state index in [1.807, 2.05) is 31.2 Å². The summed E-state index contributed by atoms with van der Waals surface area (Å²) in [7, 11) is 0. The van der Waals surface area contributed by atoms with Gasteiger partial charge in [-0.2, -0.15) is 0 Å². The number of carbonyl (C=O) groups excluding carboxylic acids is 1. The maximum atomic E-state index is 11.9. The molecule has 1 aromatic heterocycles. The Hall–Kier alpha value is -2.43. The normalized spacial score (nSPS) is 17.3. The van der Waals surface area contributed by atoms with Gasteiger partial charge in [0.2, 0.25) is 0 Å². The number of benzene rings is 1. The van der Waals surface area contributed by atoms with Gasteiger partial charge in [-0.25, -0.2) is 0 Å². The Morgan fingerprint density at radius 2 is 1.85 bits per heavy atom. The lowest BCUT2D eigenvalue weighted by molar-refractivity contribution is 0.0999. The summed E-state index contributed by atoms with van der Waals surface area (Å²) in [6.07, 6.45) is 6.44. The van der Waals surface area contributed by atoms with Gasteiger partial charge in [0.05, 0.1) is 5.56 Å². The highest BCUT2D eigenvalue weighted by Gasteiger charge is 2.22. The number of hydrogen-bond donors (Lipinski definition) is 1. The number of hydrogen-bond acceptors (Lipinski definition) is 3. The van der Waals surface area contributed by atoms with E-state index in [1.165, 1.54) is 32.1 Å². The quantitative estimate of drug-likeness (QED) is 0.905. The Labute approximate surface area is 154 Å². The molecule has 1 aliphatic heterocycles. The van der Waals surface area contributed by atoms with Crippen molar-refractivity contribution in [1.29, 1.82) is 0 Å². The standard InChI is InChI=1S/C21H26N2O3/c1-14-17(21(22)24)12-18(23(14)13-15-5-3-2-4-6-15)16-7-8-19-20(11-16)26-10-9-25-19/h7-8,11-12,15H,2-6,9-10,13H2,1H3,(H2,22,24). The number of carbonyl (C=O) groups is 1. The van der Waals surface area contributed by atoms with Crippen molar-refractivity contribution in [2.24, 2.45) is 11.7 Å². The molecule has 26 heavy (non-hydrogen) atoms. The van der Waals surface area contributed by atoms with Crippen LogP contribution in [0.1, 0.15) is 48.2 Å². The van der Waals surface area contributed by atoms with E-state index < -0.39 is 0 Å². The van der Waals surface area contributed by atoms with Gasteiger partial charge in [0, 0.05) is 23.5 Å². The first-order valence-corrected chi connectivity index (χ1v) is 9.53. The predicted molar refractivity (Wildman–Crippen MR) is 101 cm³/mol. The predicted octanol–water partition coefficient (Wildman–Crippen LogP) is 3.91.